The average molecular weight is 262 g/mol. The van der Waals surface area contributed by atoms with Crippen molar-refractivity contribution in [2.75, 3.05) is 33.4 Å². The minimum atomic E-state index is 0.220. The lowest BCUT2D eigenvalue weighted by molar-refractivity contribution is 0.139. The predicted octanol–water partition coefficient (Wildman–Crippen LogP) is 1.34. The summed E-state index contributed by atoms with van der Waals surface area (Å²) >= 11 is 0. The molecule has 0 spiro atoms. The highest BCUT2D eigenvalue weighted by Gasteiger charge is 2.33. The van der Waals surface area contributed by atoms with E-state index in [2.05, 4.69) is 23.1 Å². The number of fused-ring (bicyclic) bond motifs is 1. The van der Waals surface area contributed by atoms with Crippen LogP contribution < -0.4 is 10.5 Å². The van der Waals surface area contributed by atoms with Crippen LogP contribution in [0.2, 0.25) is 0 Å². The second-order valence-corrected chi connectivity index (χ2v) is 5.39. The van der Waals surface area contributed by atoms with Crippen molar-refractivity contribution in [2.24, 2.45) is 5.73 Å². The Morgan fingerprint density at radius 1 is 1.47 bits per heavy atom. The molecule has 2 aliphatic heterocycles. The standard InChI is InChI=1S/C15H22N2O2/c1-18-9-7-17-6-4-13(16)15(17)12-2-3-14-11(10-12)5-8-19-14/h2-3,10,13,15H,4-9,16H2,1H3. The van der Waals surface area contributed by atoms with Crippen LogP contribution in [-0.2, 0) is 11.2 Å². The van der Waals surface area contributed by atoms with Crippen molar-refractivity contribution in [1.29, 1.82) is 0 Å². The number of nitrogens with zero attached hydrogens (tertiary/aromatic N) is 1. The van der Waals surface area contributed by atoms with Crippen molar-refractivity contribution in [1.82, 2.24) is 4.90 Å². The summed E-state index contributed by atoms with van der Waals surface area (Å²) < 4.78 is 10.8. The van der Waals surface area contributed by atoms with Gasteiger partial charge in [0.25, 0.3) is 0 Å². The topological polar surface area (TPSA) is 47.7 Å². The molecule has 0 aliphatic carbocycles. The van der Waals surface area contributed by atoms with Gasteiger partial charge in [0.1, 0.15) is 5.75 Å². The summed E-state index contributed by atoms with van der Waals surface area (Å²) in [6.07, 6.45) is 2.07. The van der Waals surface area contributed by atoms with Gasteiger partial charge in [-0.25, -0.2) is 0 Å². The Morgan fingerprint density at radius 3 is 3.21 bits per heavy atom. The minimum absolute atomic E-state index is 0.220. The predicted molar refractivity (Wildman–Crippen MR) is 74.4 cm³/mol. The van der Waals surface area contributed by atoms with Gasteiger partial charge in [-0.2, -0.15) is 0 Å². The molecule has 2 aliphatic rings. The van der Waals surface area contributed by atoms with Gasteiger partial charge < -0.3 is 15.2 Å². The number of methoxy groups -OCH3 is 1. The summed E-state index contributed by atoms with van der Waals surface area (Å²) in [5.41, 5.74) is 8.95. The van der Waals surface area contributed by atoms with Crippen LogP contribution in [-0.4, -0.2) is 44.4 Å². The molecular formula is C15H22N2O2. The smallest absolute Gasteiger partial charge is 0.122 e. The molecule has 2 heterocycles. The van der Waals surface area contributed by atoms with E-state index < -0.39 is 0 Å². The molecule has 104 valence electrons. The fourth-order valence-electron chi connectivity index (χ4n) is 3.19. The lowest BCUT2D eigenvalue weighted by Gasteiger charge is -2.27. The first-order valence-electron chi connectivity index (χ1n) is 7.04. The normalized spacial score (nSPS) is 26.4. The Bertz CT molecular complexity index is 450. The third-order valence-electron chi connectivity index (χ3n) is 4.19. The zero-order valence-corrected chi connectivity index (χ0v) is 11.5. The summed E-state index contributed by atoms with van der Waals surface area (Å²) in [7, 11) is 1.75. The van der Waals surface area contributed by atoms with Gasteiger partial charge >= 0.3 is 0 Å². The molecule has 0 aromatic heterocycles. The molecular weight excluding hydrogens is 240 g/mol. The molecule has 0 bridgehead atoms. The Morgan fingerprint density at radius 2 is 2.37 bits per heavy atom. The van der Waals surface area contributed by atoms with Gasteiger partial charge in [-0.15, -0.1) is 0 Å². The summed E-state index contributed by atoms with van der Waals surface area (Å²) in [6, 6.07) is 7.08. The third kappa shape index (κ3) is 2.48. The molecule has 0 saturated carbocycles. The van der Waals surface area contributed by atoms with Crippen LogP contribution in [0.4, 0.5) is 0 Å². The first-order valence-corrected chi connectivity index (χ1v) is 7.04. The van der Waals surface area contributed by atoms with E-state index in [1.54, 1.807) is 7.11 Å². The number of ether oxygens (including phenoxy) is 2. The van der Waals surface area contributed by atoms with Gasteiger partial charge in [0.2, 0.25) is 0 Å². The highest BCUT2D eigenvalue weighted by atomic mass is 16.5. The van der Waals surface area contributed by atoms with E-state index in [9.17, 15) is 0 Å². The quantitative estimate of drug-likeness (QED) is 0.889. The van der Waals surface area contributed by atoms with Crippen LogP contribution in [0, 0.1) is 0 Å². The van der Waals surface area contributed by atoms with E-state index in [1.165, 1.54) is 11.1 Å². The van der Waals surface area contributed by atoms with Crippen molar-refractivity contribution in [3.05, 3.63) is 29.3 Å². The molecule has 4 nitrogen and oxygen atoms in total. The lowest BCUT2D eigenvalue weighted by Crippen LogP contribution is -2.33. The number of benzene rings is 1. The molecule has 19 heavy (non-hydrogen) atoms. The Kier molecular flexibility index (Phi) is 3.73. The fourth-order valence-corrected chi connectivity index (χ4v) is 3.19. The third-order valence-corrected chi connectivity index (χ3v) is 4.19. The van der Waals surface area contributed by atoms with E-state index in [4.69, 9.17) is 15.2 Å². The molecule has 2 N–H and O–H groups in total. The summed E-state index contributed by atoms with van der Waals surface area (Å²) in [5.74, 6) is 1.04. The first kappa shape index (κ1) is 12.9. The molecule has 0 radical (unpaired) electrons. The van der Waals surface area contributed by atoms with Gasteiger partial charge in [0.05, 0.1) is 19.3 Å². The van der Waals surface area contributed by atoms with E-state index in [0.29, 0.717) is 6.04 Å². The molecule has 0 amide bonds. The van der Waals surface area contributed by atoms with Gasteiger partial charge in [-0.1, -0.05) is 12.1 Å². The van der Waals surface area contributed by atoms with Gasteiger partial charge in [0, 0.05) is 32.7 Å². The van der Waals surface area contributed by atoms with Crippen LogP contribution in [0.3, 0.4) is 0 Å². The van der Waals surface area contributed by atoms with Crippen LogP contribution in [0.15, 0.2) is 18.2 Å². The highest BCUT2D eigenvalue weighted by Crippen LogP contribution is 2.34. The average Bonchev–Trinajstić information content (AvgIpc) is 3.01. The van der Waals surface area contributed by atoms with Crippen molar-refractivity contribution in [3.8, 4) is 5.75 Å². The van der Waals surface area contributed by atoms with Crippen LogP contribution in [0.5, 0.6) is 5.75 Å². The second-order valence-electron chi connectivity index (χ2n) is 5.39. The highest BCUT2D eigenvalue weighted by molar-refractivity contribution is 5.41. The SMILES string of the molecule is COCCN1CCC(N)C1c1ccc2c(c1)CCO2. The maximum Gasteiger partial charge on any atom is 0.122 e. The molecule has 2 atom stereocenters. The van der Waals surface area contributed by atoms with Gasteiger partial charge in [-0.3, -0.25) is 4.90 Å². The number of hydrogen-bond acceptors (Lipinski definition) is 4. The molecule has 1 saturated heterocycles. The monoisotopic (exact) mass is 262 g/mol. The fraction of sp³-hybridized carbons (Fsp3) is 0.600. The minimum Gasteiger partial charge on any atom is -0.493 e. The van der Waals surface area contributed by atoms with E-state index >= 15 is 0 Å². The Balaban J connectivity index is 1.82. The molecule has 1 aromatic carbocycles. The second kappa shape index (κ2) is 5.49. The number of nitrogens with two attached hydrogens (primary N) is 1. The van der Waals surface area contributed by atoms with Crippen LogP contribution >= 0.6 is 0 Å². The molecule has 1 fully saturated rings. The van der Waals surface area contributed by atoms with Crippen LogP contribution in [0.1, 0.15) is 23.6 Å². The zero-order valence-electron chi connectivity index (χ0n) is 11.5. The number of hydrogen-bond donors (Lipinski definition) is 1. The largest absolute Gasteiger partial charge is 0.493 e. The number of likely N-dealkylation sites (tertiary alicyclic amines) is 1. The zero-order chi connectivity index (χ0) is 13.2. The van der Waals surface area contributed by atoms with Crippen molar-refractivity contribution < 1.29 is 9.47 Å². The number of rotatable bonds is 4. The van der Waals surface area contributed by atoms with Crippen molar-refractivity contribution >= 4 is 0 Å². The molecule has 4 heteroatoms. The maximum absolute atomic E-state index is 6.30. The first-order chi connectivity index (χ1) is 9.29. The van der Waals surface area contributed by atoms with Gasteiger partial charge in [0.15, 0.2) is 0 Å². The van der Waals surface area contributed by atoms with E-state index in [1.807, 2.05) is 0 Å². The lowest BCUT2D eigenvalue weighted by atomic mass is 9.98. The Labute approximate surface area is 114 Å². The van der Waals surface area contributed by atoms with E-state index in [-0.39, 0.29) is 6.04 Å². The summed E-state index contributed by atoms with van der Waals surface area (Å²) in [4.78, 5) is 2.44. The van der Waals surface area contributed by atoms with Gasteiger partial charge in [-0.05, 0) is 23.6 Å². The molecule has 1 aromatic rings. The Hall–Kier alpha value is -1.10. The molecule has 2 unspecified atom stereocenters. The molecule has 3 rings (SSSR count). The van der Waals surface area contributed by atoms with Crippen molar-refractivity contribution in [2.45, 2.75) is 24.9 Å². The van der Waals surface area contributed by atoms with Crippen molar-refractivity contribution in [3.63, 3.8) is 0 Å². The summed E-state index contributed by atoms with van der Waals surface area (Å²) in [5, 5.41) is 0. The van der Waals surface area contributed by atoms with E-state index in [0.717, 1.165) is 44.9 Å². The maximum atomic E-state index is 6.30. The summed E-state index contributed by atoms with van der Waals surface area (Å²) in [6.45, 7) is 3.57. The van der Waals surface area contributed by atoms with Crippen LogP contribution in [0.25, 0.3) is 0 Å².